The second-order valence-electron chi connectivity index (χ2n) is 4.86. The van der Waals surface area contributed by atoms with E-state index in [2.05, 4.69) is 31.2 Å². The van der Waals surface area contributed by atoms with Crippen LogP contribution in [0.3, 0.4) is 0 Å². The van der Waals surface area contributed by atoms with Gasteiger partial charge in [0.2, 0.25) is 0 Å². The molecule has 0 spiro atoms. The lowest BCUT2D eigenvalue weighted by molar-refractivity contribution is 0.199. The van der Waals surface area contributed by atoms with Crippen LogP contribution in [-0.2, 0) is 6.42 Å². The quantitative estimate of drug-likeness (QED) is 0.820. The Morgan fingerprint density at radius 1 is 1.39 bits per heavy atom. The minimum Gasteiger partial charge on any atom is -0.396 e. The molecule has 0 bridgehead atoms. The maximum Gasteiger partial charge on any atom is 0.131 e. The number of aliphatic hydroxyl groups excluding tert-OH is 1. The van der Waals surface area contributed by atoms with Crippen LogP contribution < -0.4 is 5.32 Å². The van der Waals surface area contributed by atoms with Crippen LogP contribution >= 0.6 is 15.9 Å². The molecular weight excluding hydrogens is 294 g/mol. The molecule has 1 aromatic heterocycles. The summed E-state index contributed by atoms with van der Waals surface area (Å²) in [6.45, 7) is 3.24. The number of nitrogens with zero attached hydrogens (tertiary/aromatic N) is 2. The predicted octanol–water partition coefficient (Wildman–Crippen LogP) is 2.62. The molecule has 1 aromatic rings. The van der Waals surface area contributed by atoms with Gasteiger partial charge >= 0.3 is 0 Å². The monoisotopic (exact) mass is 313 g/mol. The van der Waals surface area contributed by atoms with Gasteiger partial charge in [0.1, 0.15) is 16.2 Å². The van der Waals surface area contributed by atoms with Gasteiger partial charge in [-0.15, -0.1) is 0 Å². The van der Waals surface area contributed by atoms with Crippen molar-refractivity contribution in [3.8, 4) is 0 Å². The first-order valence-electron chi connectivity index (χ1n) is 6.61. The van der Waals surface area contributed by atoms with E-state index in [9.17, 15) is 5.11 Å². The molecule has 1 aliphatic rings. The van der Waals surface area contributed by atoms with Crippen LogP contribution in [0, 0.1) is 11.8 Å². The van der Waals surface area contributed by atoms with E-state index in [0.29, 0.717) is 18.4 Å². The summed E-state index contributed by atoms with van der Waals surface area (Å²) in [7, 11) is 0. The van der Waals surface area contributed by atoms with Crippen molar-refractivity contribution in [1.29, 1.82) is 0 Å². The van der Waals surface area contributed by atoms with Gasteiger partial charge in [0.15, 0.2) is 0 Å². The Kier molecular flexibility index (Phi) is 4.95. The van der Waals surface area contributed by atoms with Gasteiger partial charge in [-0.1, -0.05) is 13.3 Å². The van der Waals surface area contributed by atoms with Crippen molar-refractivity contribution in [2.45, 2.75) is 32.6 Å². The third kappa shape index (κ3) is 3.42. The van der Waals surface area contributed by atoms with Gasteiger partial charge in [0.25, 0.3) is 0 Å². The molecule has 18 heavy (non-hydrogen) atoms. The lowest BCUT2D eigenvalue weighted by Gasteiger charge is -2.18. The van der Waals surface area contributed by atoms with E-state index in [1.165, 1.54) is 12.8 Å². The second-order valence-corrected chi connectivity index (χ2v) is 5.67. The summed E-state index contributed by atoms with van der Waals surface area (Å²) in [6.07, 6.45) is 4.41. The second kappa shape index (κ2) is 6.48. The normalized spacial score (nSPS) is 23.3. The van der Waals surface area contributed by atoms with E-state index < -0.39 is 0 Å². The number of hydrogen-bond donors (Lipinski definition) is 2. The van der Waals surface area contributed by atoms with Crippen molar-refractivity contribution in [1.82, 2.24) is 9.97 Å². The van der Waals surface area contributed by atoms with E-state index in [1.54, 1.807) is 0 Å². The average molecular weight is 314 g/mol. The van der Waals surface area contributed by atoms with Crippen LogP contribution in [-0.4, -0.2) is 28.2 Å². The third-order valence-corrected chi connectivity index (χ3v) is 4.06. The van der Waals surface area contributed by atoms with Crippen molar-refractivity contribution in [2.24, 2.45) is 11.8 Å². The smallest absolute Gasteiger partial charge is 0.131 e. The molecule has 1 aliphatic carbocycles. The fraction of sp³-hybridized carbons (Fsp3) is 0.692. The zero-order valence-electron chi connectivity index (χ0n) is 10.7. The fourth-order valence-corrected chi connectivity index (χ4v) is 2.99. The summed E-state index contributed by atoms with van der Waals surface area (Å²) in [5, 5.41) is 12.7. The molecule has 0 aromatic carbocycles. The highest BCUT2D eigenvalue weighted by atomic mass is 79.9. The Morgan fingerprint density at radius 2 is 2.17 bits per heavy atom. The molecule has 0 saturated heterocycles. The number of anilines is 1. The topological polar surface area (TPSA) is 58.0 Å². The van der Waals surface area contributed by atoms with Crippen molar-refractivity contribution < 1.29 is 5.11 Å². The van der Waals surface area contributed by atoms with Gasteiger partial charge in [0, 0.05) is 25.6 Å². The van der Waals surface area contributed by atoms with Gasteiger partial charge in [-0.3, -0.25) is 0 Å². The lowest BCUT2D eigenvalue weighted by atomic mass is 9.97. The highest BCUT2D eigenvalue weighted by Gasteiger charge is 2.26. The Morgan fingerprint density at radius 3 is 2.89 bits per heavy atom. The number of nitrogens with one attached hydrogen (secondary N) is 1. The van der Waals surface area contributed by atoms with E-state index in [0.717, 1.165) is 35.6 Å². The molecule has 100 valence electrons. The Balaban J connectivity index is 1.95. The molecule has 5 heteroatoms. The van der Waals surface area contributed by atoms with Crippen molar-refractivity contribution in [3.05, 3.63) is 16.5 Å². The van der Waals surface area contributed by atoms with Gasteiger partial charge in [-0.05, 0) is 40.6 Å². The molecular formula is C13H20BrN3O. The standard InChI is InChI=1S/C13H20BrN3O/c1-2-12-16-11(14)6-13(17-12)15-7-9-4-3-5-10(9)8-18/h6,9-10,18H,2-5,7-8H2,1H3,(H,15,16,17). The van der Waals surface area contributed by atoms with Crippen LogP contribution in [0.4, 0.5) is 5.82 Å². The van der Waals surface area contributed by atoms with Gasteiger partial charge in [0.05, 0.1) is 0 Å². The maximum absolute atomic E-state index is 9.30. The van der Waals surface area contributed by atoms with E-state index in [4.69, 9.17) is 0 Å². The number of halogens is 1. The fourth-order valence-electron chi connectivity index (χ4n) is 2.57. The highest BCUT2D eigenvalue weighted by Crippen LogP contribution is 2.31. The number of aryl methyl sites for hydroxylation is 1. The number of hydrogen-bond acceptors (Lipinski definition) is 4. The van der Waals surface area contributed by atoms with Gasteiger partial charge in [-0.25, -0.2) is 9.97 Å². The molecule has 0 aliphatic heterocycles. The molecule has 1 heterocycles. The van der Waals surface area contributed by atoms with Crippen molar-refractivity contribution in [3.63, 3.8) is 0 Å². The summed E-state index contributed by atoms with van der Waals surface area (Å²) in [4.78, 5) is 8.74. The average Bonchev–Trinajstić information content (AvgIpc) is 2.83. The first-order chi connectivity index (χ1) is 8.72. The first kappa shape index (κ1) is 13.7. The highest BCUT2D eigenvalue weighted by molar-refractivity contribution is 9.10. The van der Waals surface area contributed by atoms with Crippen LogP contribution in [0.2, 0.25) is 0 Å². The zero-order chi connectivity index (χ0) is 13.0. The first-order valence-corrected chi connectivity index (χ1v) is 7.40. The van der Waals surface area contributed by atoms with E-state index in [1.807, 2.05) is 13.0 Å². The van der Waals surface area contributed by atoms with Crippen LogP contribution in [0.25, 0.3) is 0 Å². The summed E-state index contributed by atoms with van der Waals surface area (Å²) in [5.41, 5.74) is 0. The molecule has 0 radical (unpaired) electrons. The minimum absolute atomic E-state index is 0.306. The van der Waals surface area contributed by atoms with Crippen LogP contribution in [0.1, 0.15) is 32.0 Å². The molecule has 1 fully saturated rings. The largest absolute Gasteiger partial charge is 0.396 e. The summed E-state index contributed by atoms with van der Waals surface area (Å²) in [5.74, 6) is 2.73. The Labute approximate surface area is 116 Å². The molecule has 2 rings (SSSR count). The Bertz CT molecular complexity index is 400. The van der Waals surface area contributed by atoms with Crippen LogP contribution in [0.15, 0.2) is 10.7 Å². The molecule has 2 N–H and O–H groups in total. The summed E-state index contributed by atoms with van der Waals surface area (Å²) in [6, 6.07) is 1.90. The third-order valence-electron chi connectivity index (χ3n) is 3.65. The molecule has 0 amide bonds. The minimum atomic E-state index is 0.306. The van der Waals surface area contributed by atoms with Crippen molar-refractivity contribution >= 4 is 21.7 Å². The molecule has 2 atom stereocenters. The number of rotatable bonds is 5. The van der Waals surface area contributed by atoms with E-state index >= 15 is 0 Å². The lowest BCUT2D eigenvalue weighted by Crippen LogP contribution is -2.21. The number of aliphatic hydroxyl groups is 1. The maximum atomic E-state index is 9.30. The summed E-state index contributed by atoms with van der Waals surface area (Å²) < 4.78 is 0.821. The zero-order valence-corrected chi connectivity index (χ0v) is 12.3. The molecule has 4 nitrogen and oxygen atoms in total. The van der Waals surface area contributed by atoms with E-state index in [-0.39, 0.29) is 0 Å². The van der Waals surface area contributed by atoms with Gasteiger partial charge < -0.3 is 10.4 Å². The molecule has 1 saturated carbocycles. The summed E-state index contributed by atoms with van der Waals surface area (Å²) >= 11 is 3.40. The number of aromatic nitrogens is 2. The predicted molar refractivity (Wildman–Crippen MR) is 75.5 cm³/mol. The van der Waals surface area contributed by atoms with Crippen molar-refractivity contribution in [2.75, 3.05) is 18.5 Å². The molecule has 2 unspecified atom stereocenters. The van der Waals surface area contributed by atoms with Crippen LogP contribution in [0.5, 0.6) is 0 Å². The van der Waals surface area contributed by atoms with Gasteiger partial charge in [-0.2, -0.15) is 0 Å². The Hall–Kier alpha value is -0.680. The SMILES string of the molecule is CCc1nc(Br)cc(NCC2CCCC2CO)n1.